The van der Waals surface area contributed by atoms with E-state index in [1.54, 1.807) is 7.11 Å². The van der Waals surface area contributed by atoms with Crippen molar-refractivity contribution in [1.82, 2.24) is 5.32 Å². The van der Waals surface area contributed by atoms with E-state index in [1.165, 1.54) is 5.56 Å². The molecule has 19 heavy (non-hydrogen) atoms. The van der Waals surface area contributed by atoms with E-state index in [4.69, 9.17) is 4.74 Å². The highest BCUT2D eigenvalue weighted by molar-refractivity contribution is 5.60. The minimum atomic E-state index is 0.121. The van der Waals surface area contributed by atoms with E-state index in [1.807, 2.05) is 6.07 Å². The van der Waals surface area contributed by atoms with E-state index in [2.05, 4.69) is 36.2 Å². The lowest BCUT2D eigenvalue weighted by Crippen LogP contribution is -2.40. The van der Waals surface area contributed by atoms with Gasteiger partial charge in [0.05, 0.1) is 19.4 Å². The summed E-state index contributed by atoms with van der Waals surface area (Å²) in [6.45, 7) is 7.20. The fourth-order valence-electron chi connectivity index (χ4n) is 2.58. The molecule has 1 aliphatic rings. The number of methoxy groups -OCH3 is 1. The third-order valence-corrected chi connectivity index (χ3v) is 3.62. The molecule has 1 aliphatic heterocycles. The molecule has 2 atom stereocenters. The van der Waals surface area contributed by atoms with Gasteiger partial charge in [0.15, 0.2) is 0 Å². The van der Waals surface area contributed by atoms with Crippen molar-refractivity contribution in [3.63, 3.8) is 0 Å². The quantitative estimate of drug-likeness (QED) is 0.866. The first-order chi connectivity index (χ1) is 9.13. The Labute approximate surface area is 115 Å². The average molecular weight is 264 g/mol. The van der Waals surface area contributed by atoms with Crippen molar-refractivity contribution >= 4 is 5.69 Å². The molecule has 1 heterocycles. The van der Waals surface area contributed by atoms with Gasteiger partial charge in [-0.2, -0.15) is 0 Å². The van der Waals surface area contributed by atoms with Gasteiger partial charge in [0.1, 0.15) is 5.75 Å². The van der Waals surface area contributed by atoms with Crippen molar-refractivity contribution < 1.29 is 9.84 Å². The van der Waals surface area contributed by atoms with E-state index in [0.29, 0.717) is 5.92 Å². The minimum Gasteiger partial charge on any atom is -0.495 e. The van der Waals surface area contributed by atoms with Crippen LogP contribution < -0.4 is 15.0 Å². The van der Waals surface area contributed by atoms with Crippen LogP contribution in [0.4, 0.5) is 5.69 Å². The highest BCUT2D eigenvalue weighted by Gasteiger charge is 2.23. The van der Waals surface area contributed by atoms with Crippen LogP contribution in [0.3, 0.4) is 0 Å². The number of hydrogen-bond donors (Lipinski definition) is 2. The largest absolute Gasteiger partial charge is 0.495 e. The Balaban J connectivity index is 2.29. The molecule has 0 amide bonds. The van der Waals surface area contributed by atoms with Gasteiger partial charge in [-0.3, -0.25) is 0 Å². The second-order valence-electron chi connectivity index (χ2n) is 5.47. The number of aryl methyl sites for hydroxylation is 1. The summed E-state index contributed by atoms with van der Waals surface area (Å²) >= 11 is 0. The molecule has 4 nitrogen and oxygen atoms in total. The number of anilines is 1. The summed E-state index contributed by atoms with van der Waals surface area (Å²) in [5, 5.41) is 12.8. The molecule has 1 aromatic rings. The standard InChI is InChI=1S/C15H24N2O2/c1-11-4-5-15(19-3)14(6-11)17-8-12(2)7-16-13(9-17)10-18/h4-6,12-13,16,18H,7-10H2,1-3H3. The van der Waals surface area contributed by atoms with Crippen LogP contribution in [0.5, 0.6) is 5.75 Å². The lowest BCUT2D eigenvalue weighted by molar-refractivity contribution is 0.247. The fraction of sp³-hybridized carbons (Fsp3) is 0.600. The predicted octanol–water partition coefficient (Wildman–Crippen LogP) is 1.41. The molecule has 0 saturated carbocycles. The average Bonchev–Trinajstić information content (AvgIpc) is 2.60. The lowest BCUT2D eigenvalue weighted by Gasteiger charge is -2.28. The molecule has 0 bridgehead atoms. The van der Waals surface area contributed by atoms with Crippen molar-refractivity contribution in [2.75, 3.05) is 38.3 Å². The van der Waals surface area contributed by atoms with Crippen molar-refractivity contribution in [2.24, 2.45) is 5.92 Å². The molecule has 0 radical (unpaired) electrons. The van der Waals surface area contributed by atoms with Crippen molar-refractivity contribution in [2.45, 2.75) is 19.9 Å². The Hall–Kier alpha value is -1.26. The van der Waals surface area contributed by atoms with Gasteiger partial charge in [0, 0.05) is 19.1 Å². The van der Waals surface area contributed by atoms with Crippen molar-refractivity contribution in [3.05, 3.63) is 23.8 Å². The minimum absolute atomic E-state index is 0.121. The highest BCUT2D eigenvalue weighted by Crippen LogP contribution is 2.30. The second-order valence-corrected chi connectivity index (χ2v) is 5.47. The van der Waals surface area contributed by atoms with Crippen LogP contribution in [0.15, 0.2) is 18.2 Å². The number of aliphatic hydroxyl groups is 1. The van der Waals surface area contributed by atoms with Gasteiger partial charge in [-0.05, 0) is 37.1 Å². The Kier molecular flexibility index (Phi) is 4.66. The first kappa shape index (κ1) is 14.2. The maximum absolute atomic E-state index is 9.43. The number of aliphatic hydroxyl groups excluding tert-OH is 1. The number of nitrogens with zero attached hydrogens (tertiary/aromatic N) is 1. The Morgan fingerprint density at radius 3 is 2.89 bits per heavy atom. The van der Waals surface area contributed by atoms with Gasteiger partial charge in [-0.15, -0.1) is 0 Å². The summed E-state index contributed by atoms with van der Waals surface area (Å²) in [6.07, 6.45) is 0. The predicted molar refractivity (Wildman–Crippen MR) is 78.0 cm³/mol. The molecule has 1 saturated heterocycles. The summed E-state index contributed by atoms with van der Waals surface area (Å²) < 4.78 is 5.47. The van der Waals surface area contributed by atoms with Gasteiger partial charge in [-0.25, -0.2) is 0 Å². The van der Waals surface area contributed by atoms with Crippen LogP contribution in [-0.2, 0) is 0 Å². The molecule has 2 N–H and O–H groups in total. The van der Waals surface area contributed by atoms with E-state index in [0.717, 1.165) is 31.1 Å². The normalized spacial score (nSPS) is 24.1. The monoisotopic (exact) mass is 264 g/mol. The van der Waals surface area contributed by atoms with Gasteiger partial charge in [0.25, 0.3) is 0 Å². The highest BCUT2D eigenvalue weighted by atomic mass is 16.5. The van der Waals surface area contributed by atoms with Crippen LogP contribution >= 0.6 is 0 Å². The zero-order valence-electron chi connectivity index (χ0n) is 12.0. The van der Waals surface area contributed by atoms with E-state index in [9.17, 15) is 5.11 Å². The molecule has 4 heteroatoms. The third kappa shape index (κ3) is 3.39. The molecular formula is C15H24N2O2. The number of ether oxygens (including phenoxy) is 1. The summed E-state index contributed by atoms with van der Waals surface area (Å²) in [7, 11) is 1.71. The lowest BCUT2D eigenvalue weighted by atomic mass is 10.1. The summed E-state index contributed by atoms with van der Waals surface area (Å²) in [5.41, 5.74) is 2.35. The molecule has 2 rings (SSSR count). The fourth-order valence-corrected chi connectivity index (χ4v) is 2.58. The topological polar surface area (TPSA) is 44.7 Å². The number of nitrogens with one attached hydrogen (secondary N) is 1. The van der Waals surface area contributed by atoms with Crippen LogP contribution in [0.2, 0.25) is 0 Å². The molecule has 0 aromatic heterocycles. The zero-order valence-corrected chi connectivity index (χ0v) is 12.0. The van der Waals surface area contributed by atoms with Gasteiger partial charge in [0.2, 0.25) is 0 Å². The van der Waals surface area contributed by atoms with E-state index >= 15 is 0 Å². The Morgan fingerprint density at radius 1 is 1.42 bits per heavy atom. The molecule has 1 fully saturated rings. The number of hydrogen-bond acceptors (Lipinski definition) is 4. The SMILES string of the molecule is COc1ccc(C)cc1N1CC(C)CNC(CO)C1. The van der Waals surface area contributed by atoms with Crippen molar-refractivity contribution in [1.29, 1.82) is 0 Å². The van der Waals surface area contributed by atoms with Gasteiger partial charge < -0.3 is 20.1 Å². The maximum Gasteiger partial charge on any atom is 0.142 e. The molecule has 1 aromatic carbocycles. The summed E-state index contributed by atoms with van der Waals surface area (Å²) in [6, 6.07) is 6.35. The Morgan fingerprint density at radius 2 is 2.21 bits per heavy atom. The molecule has 0 spiro atoms. The van der Waals surface area contributed by atoms with E-state index in [-0.39, 0.29) is 12.6 Å². The molecule has 2 unspecified atom stereocenters. The van der Waals surface area contributed by atoms with Crippen LogP contribution in [-0.4, -0.2) is 44.5 Å². The summed E-state index contributed by atoms with van der Waals surface area (Å²) in [5.74, 6) is 1.44. The molecular weight excluding hydrogens is 240 g/mol. The third-order valence-electron chi connectivity index (χ3n) is 3.62. The number of benzene rings is 1. The zero-order chi connectivity index (χ0) is 13.8. The van der Waals surface area contributed by atoms with Crippen molar-refractivity contribution in [3.8, 4) is 5.75 Å². The number of rotatable bonds is 3. The first-order valence-electron chi connectivity index (χ1n) is 6.88. The second kappa shape index (κ2) is 6.26. The molecule has 106 valence electrons. The van der Waals surface area contributed by atoms with E-state index < -0.39 is 0 Å². The molecule has 0 aliphatic carbocycles. The summed E-state index contributed by atoms with van der Waals surface area (Å²) in [4.78, 5) is 2.32. The van der Waals surface area contributed by atoms with Crippen LogP contribution in [0.1, 0.15) is 12.5 Å². The van der Waals surface area contributed by atoms with Gasteiger partial charge in [-0.1, -0.05) is 13.0 Å². The van der Waals surface area contributed by atoms with Crippen LogP contribution in [0.25, 0.3) is 0 Å². The van der Waals surface area contributed by atoms with Gasteiger partial charge >= 0.3 is 0 Å². The first-order valence-corrected chi connectivity index (χ1v) is 6.88. The Bertz CT molecular complexity index is 423. The van der Waals surface area contributed by atoms with Crippen LogP contribution in [0, 0.1) is 12.8 Å². The maximum atomic E-state index is 9.43. The smallest absolute Gasteiger partial charge is 0.142 e.